The van der Waals surface area contributed by atoms with E-state index in [1.807, 2.05) is 0 Å². The molecule has 0 spiro atoms. The Bertz CT molecular complexity index is 291. The van der Waals surface area contributed by atoms with Crippen molar-refractivity contribution in [3.05, 3.63) is 0 Å². The van der Waals surface area contributed by atoms with Crippen LogP contribution in [0, 0.1) is 11.3 Å². The molecule has 0 aromatic rings. The summed E-state index contributed by atoms with van der Waals surface area (Å²) >= 11 is 0. The molecule has 70 valence electrons. The second-order valence-electron chi connectivity index (χ2n) is 2.64. The first-order chi connectivity index (χ1) is 5.21. The second kappa shape index (κ2) is 3.33. The predicted molar refractivity (Wildman–Crippen MR) is 37.8 cm³/mol. The normalized spacial score (nSPS) is 13.0. The molecule has 0 fully saturated rings. The molecule has 0 bridgehead atoms. The van der Waals surface area contributed by atoms with Crippen LogP contribution in [0.15, 0.2) is 0 Å². The van der Waals surface area contributed by atoms with Gasteiger partial charge in [-0.05, 0) is 13.8 Å². The fourth-order valence-electron chi connectivity index (χ4n) is 0.423. The zero-order valence-electron chi connectivity index (χ0n) is 6.51. The van der Waals surface area contributed by atoms with E-state index in [1.165, 1.54) is 19.9 Å². The summed E-state index contributed by atoms with van der Waals surface area (Å²) < 4.78 is 46.0. The lowest BCUT2D eigenvalue weighted by Crippen LogP contribution is -2.44. The van der Waals surface area contributed by atoms with E-state index in [2.05, 4.69) is 0 Å². The highest BCUT2D eigenvalue weighted by molar-refractivity contribution is 7.89. The van der Waals surface area contributed by atoms with Crippen molar-refractivity contribution in [2.45, 2.75) is 25.1 Å². The number of sulfonamides is 1. The van der Waals surface area contributed by atoms with Crippen LogP contribution in [0.3, 0.4) is 0 Å². The van der Waals surface area contributed by atoms with E-state index in [4.69, 9.17) is 5.26 Å². The highest BCUT2D eigenvalue weighted by Gasteiger charge is 2.31. The van der Waals surface area contributed by atoms with Gasteiger partial charge in [0.1, 0.15) is 5.54 Å². The summed E-state index contributed by atoms with van der Waals surface area (Å²) in [6, 6.07) is 1.53. The molecule has 0 aromatic carbocycles. The first-order valence-electron chi connectivity index (χ1n) is 2.93. The Morgan fingerprint density at radius 1 is 1.50 bits per heavy atom. The van der Waals surface area contributed by atoms with Gasteiger partial charge in [0, 0.05) is 0 Å². The fraction of sp³-hybridized carbons (Fsp3) is 0.800. The van der Waals surface area contributed by atoms with Crippen molar-refractivity contribution < 1.29 is 17.2 Å². The molecule has 0 unspecified atom stereocenters. The van der Waals surface area contributed by atoms with Crippen LogP contribution in [0.5, 0.6) is 0 Å². The Hall–Kier alpha value is -0.740. The molecule has 0 aliphatic carbocycles. The average molecular weight is 198 g/mol. The molecule has 0 aromatic heterocycles. The smallest absolute Gasteiger partial charge is 0.206 e. The third-order valence-electron chi connectivity index (χ3n) is 0.911. The molecule has 7 heteroatoms. The summed E-state index contributed by atoms with van der Waals surface area (Å²) in [6.07, 6.45) is 0. The van der Waals surface area contributed by atoms with Gasteiger partial charge >= 0.3 is 5.76 Å². The molecular weight excluding hydrogens is 190 g/mol. The van der Waals surface area contributed by atoms with Crippen molar-refractivity contribution in [3.63, 3.8) is 0 Å². The maximum absolute atomic E-state index is 11.7. The molecule has 4 nitrogen and oxygen atoms in total. The first kappa shape index (κ1) is 11.3. The average Bonchev–Trinajstić information content (AvgIpc) is 1.85. The van der Waals surface area contributed by atoms with Crippen LogP contribution in [0.25, 0.3) is 0 Å². The van der Waals surface area contributed by atoms with Crippen molar-refractivity contribution in [2.75, 3.05) is 0 Å². The van der Waals surface area contributed by atoms with Gasteiger partial charge < -0.3 is 0 Å². The van der Waals surface area contributed by atoms with Crippen molar-refractivity contribution >= 4 is 10.0 Å². The van der Waals surface area contributed by atoms with E-state index in [1.54, 1.807) is 4.72 Å². The largest absolute Gasteiger partial charge is 0.350 e. The Kier molecular flexibility index (Phi) is 3.12. The van der Waals surface area contributed by atoms with Crippen LogP contribution < -0.4 is 4.72 Å². The third kappa shape index (κ3) is 3.11. The molecule has 0 radical (unpaired) electrons. The minimum absolute atomic E-state index is 1.19. The van der Waals surface area contributed by atoms with Gasteiger partial charge in [-0.1, -0.05) is 0 Å². The zero-order chi connectivity index (χ0) is 9.99. The van der Waals surface area contributed by atoms with E-state index in [9.17, 15) is 17.2 Å². The molecule has 0 saturated carbocycles. The van der Waals surface area contributed by atoms with E-state index in [0.29, 0.717) is 0 Å². The molecule has 0 amide bonds. The molecule has 0 aliphatic rings. The lowest BCUT2D eigenvalue weighted by atomic mass is 10.1. The Morgan fingerprint density at radius 2 is 1.92 bits per heavy atom. The maximum Gasteiger partial charge on any atom is 0.350 e. The lowest BCUT2D eigenvalue weighted by molar-refractivity contribution is 0.230. The summed E-state index contributed by atoms with van der Waals surface area (Å²) in [5.74, 6) is -3.51. The standard InChI is InChI=1S/C5H8F2N2O2S/c1-5(2,3-8)9-12(10,11)4(6)7/h4,9H,1-2H3. The van der Waals surface area contributed by atoms with Crippen LogP contribution in [-0.4, -0.2) is 19.7 Å². The summed E-state index contributed by atoms with van der Waals surface area (Å²) in [5, 5.41) is 8.32. The minimum atomic E-state index is -4.67. The highest BCUT2D eigenvalue weighted by Crippen LogP contribution is 2.08. The van der Waals surface area contributed by atoms with E-state index < -0.39 is 21.3 Å². The number of nitrogens with zero attached hydrogens (tertiary/aromatic N) is 1. The first-order valence-corrected chi connectivity index (χ1v) is 4.48. The Morgan fingerprint density at radius 3 is 2.17 bits per heavy atom. The zero-order valence-corrected chi connectivity index (χ0v) is 7.32. The van der Waals surface area contributed by atoms with Crippen molar-refractivity contribution in [3.8, 4) is 6.07 Å². The van der Waals surface area contributed by atoms with Crippen molar-refractivity contribution in [2.24, 2.45) is 0 Å². The summed E-state index contributed by atoms with van der Waals surface area (Å²) in [5.41, 5.74) is -1.50. The van der Waals surface area contributed by atoms with E-state index in [-0.39, 0.29) is 0 Å². The number of halogens is 2. The summed E-state index contributed by atoms with van der Waals surface area (Å²) in [7, 11) is -4.67. The van der Waals surface area contributed by atoms with E-state index in [0.717, 1.165) is 0 Å². The number of nitriles is 1. The number of nitrogens with one attached hydrogen (secondary N) is 1. The number of hydrogen-bond donors (Lipinski definition) is 1. The number of rotatable bonds is 3. The molecule has 12 heavy (non-hydrogen) atoms. The fourth-order valence-corrected chi connectivity index (χ4v) is 1.27. The van der Waals surface area contributed by atoms with Gasteiger partial charge in [-0.25, -0.2) is 8.42 Å². The molecule has 0 atom stereocenters. The van der Waals surface area contributed by atoms with Gasteiger partial charge in [0.2, 0.25) is 0 Å². The van der Waals surface area contributed by atoms with Crippen LogP contribution in [0.4, 0.5) is 8.78 Å². The summed E-state index contributed by atoms with van der Waals surface area (Å²) in [6.45, 7) is 2.37. The molecule has 0 rings (SSSR count). The van der Waals surface area contributed by atoms with Gasteiger partial charge in [-0.15, -0.1) is 0 Å². The lowest BCUT2D eigenvalue weighted by Gasteiger charge is -2.16. The molecule has 0 aliphatic heterocycles. The van der Waals surface area contributed by atoms with Gasteiger partial charge in [0.25, 0.3) is 10.0 Å². The van der Waals surface area contributed by atoms with Crippen LogP contribution in [-0.2, 0) is 10.0 Å². The van der Waals surface area contributed by atoms with E-state index >= 15 is 0 Å². The van der Waals surface area contributed by atoms with Gasteiger partial charge in [-0.3, -0.25) is 0 Å². The van der Waals surface area contributed by atoms with Crippen molar-refractivity contribution in [1.29, 1.82) is 5.26 Å². The molecular formula is C5H8F2N2O2S. The number of alkyl halides is 2. The SMILES string of the molecule is CC(C)(C#N)NS(=O)(=O)C(F)F. The predicted octanol–water partition coefficient (Wildman–Crippen LogP) is 0.431. The molecule has 0 heterocycles. The number of hydrogen-bond acceptors (Lipinski definition) is 3. The highest BCUT2D eigenvalue weighted by atomic mass is 32.2. The van der Waals surface area contributed by atoms with Crippen molar-refractivity contribution in [1.82, 2.24) is 4.72 Å². The topological polar surface area (TPSA) is 70.0 Å². The monoisotopic (exact) mass is 198 g/mol. The van der Waals surface area contributed by atoms with Crippen LogP contribution in [0.2, 0.25) is 0 Å². The maximum atomic E-state index is 11.7. The van der Waals surface area contributed by atoms with Crippen LogP contribution in [0.1, 0.15) is 13.8 Å². The molecule has 1 N–H and O–H groups in total. The Labute approximate surface area is 69.2 Å². The summed E-state index contributed by atoms with van der Waals surface area (Å²) in [4.78, 5) is 0. The third-order valence-corrected chi connectivity index (χ3v) is 2.18. The van der Waals surface area contributed by atoms with Gasteiger partial charge in [0.05, 0.1) is 6.07 Å². The second-order valence-corrected chi connectivity index (χ2v) is 4.30. The molecule has 0 saturated heterocycles. The quantitative estimate of drug-likeness (QED) is 0.714. The Balaban J connectivity index is 4.61. The van der Waals surface area contributed by atoms with Crippen LogP contribution >= 0.6 is 0 Å². The van der Waals surface area contributed by atoms with Gasteiger partial charge in [0.15, 0.2) is 0 Å². The minimum Gasteiger partial charge on any atom is -0.206 e. The van der Waals surface area contributed by atoms with Gasteiger partial charge in [-0.2, -0.15) is 18.8 Å².